The summed E-state index contributed by atoms with van der Waals surface area (Å²) >= 11 is 0. The first-order valence-corrected chi connectivity index (χ1v) is 11.7. The number of likely N-dealkylation sites (tertiary alicyclic amines) is 1. The summed E-state index contributed by atoms with van der Waals surface area (Å²) in [4.78, 5) is 22.2. The summed E-state index contributed by atoms with van der Waals surface area (Å²) in [7, 11) is 1.46. The second-order valence-electron chi connectivity index (χ2n) is 8.82. The van der Waals surface area contributed by atoms with Gasteiger partial charge in [-0.1, -0.05) is 0 Å². The summed E-state index contributed by atoms with van der Waals surface area (Å²) in [5.74, 6) is 0.243. The van der Waals surface area contributed by atoms with Gasteiger partial charge in [0.1, 0.15) is 17.1 Å². The second kappa shape index (κ2) is 10.1. The fourth-order valence-electron chi connectivity index (χ4n) is 4.62. The molecule has 4 heterocycles. The van der Waals surface area contributed by atoms with Crippen molar-refractivity contribution in [2.75, 3.05) is 38.7 Å². The Bertz CT molecular complexity index is 1250. The van der Waals surface area contributed by atoms with E-state index in [2.05, 4.69) is 25.5 Å². The largest absolute Gasteiger partial charge is 0.497 e. The molecule has 184 valence electrons. The number of anilines is 1. The predicted molar refractivity (Wildman–Crippen MR) is 127 cm³/mol. The summed E-state index contributed by atoms with van der Waals surface area (Å²) in [5, 5.41) is 6.72. The van der Waals surface area contributed by atoms with Gasteiger partial charge in [0, 0.05) is 36.1 Å². The highest BCUT2D eigenvalue weighted by molar-refractivity contribution is 5.94. The SMILES string of the molecule is COc1cc(F)c2ncc(F)c(CCN3CCC(NCc4ccc5c(n4)NC(=O)CO5)CC3)c2c1. The zero-order valence-electron chi connectivity index (χ0n) is 19.4. The van der Waals surface area contributed by atoms with Crippen molar-refractivity contribution in [2.45, 2.75) is 31.8 Å². The fraction of sp³-hybridized carbons (Fsp3) is 0.400. The Morgan fingerprint density at radius 1 is 1.23 bits per heavy atom. The molecule has 1 fully saturated rings. The van der Waals surface area contributed by atoms with Crippen LogP contribution in [-0.2, 0) is 17.8 Å². The van der Waals surface area contributed by atoms with Crippen molar-refractivity contribution in [1.29, 1.82) is 0 Å². The van der Waals surface area contributed by atoms with E-state index in [9.17, 15) is 13.6 Å². The molecular weight excluding hydrogens is 456 g/mol. The number of carbonyl (C=O) groups excluding carboxylic acids is 1. The van der Waals surface area contributed by atoms with E-state index in [-0.39, 0.29) is 18.0 Å². The van der Waals surface area contributed by atoms with Crippen LogP contribution in [0.3, 0.4) is 0 Å². The molecular formula is C25H27F2N5O3. The van der Waals surface area contributed by atoms with Crippen LogP contribution in [0.5, 0.6) is 11.5 Å². The number of methoxy groups -OCH3 is 1. The summed E-state index contributed by atoms with van der Waals surface area (Å²) < 4.78 is 39.5. The Balaban J connectivity index is 1.15. The standard InChI is InChI=1S/C25H27F2N5O3/c1-34-17-10-19-18(21(27)13-29-24(19)20(26)11-17)6-9-32-7-4-15(5-8-32)28-12-16-2-3-22-25(30-16)31-23(33)14-35-22/h2-3,10-11,13,15,28H,4-9,12,14H2,1H3,(H,30,31,33). The van der Waals surface area contributed by atoms with E-state index in [0.29, 0.717) is 53.8 Å². The van der Waals surface area contributed by atoms with E-state index in [4.69, 9.17) is 9.47 Å². The topological polar surface area (TPSA) is 88.6 Å². The zero-order chi connectivity index (χ0) is 24.4. The highest BCUT2D eigenvalue weighted by atomic mass is 19.1. The van der Waals surface area contributed by atoms with Gasteiger partial charge in [-0.2, -0.15) is 0 Å². The van der Waals surface area contributed by atoms with Gasteiger partial charge < -0.3 is 25.0 Å². The van der Waals surface area contributed by atoms with Crippen LogP contribution in [-0.4, -0.2) is 60.2 Å². The lowest BCUT2D eigenvalue weighted by Gasteiger charge is -2.32. The summed E-state index contributed by atoms with van der Waals surface area (Å²) in [6, 6.07) is 6.96. The van der Waals surface area contributed by atoms with Crippen LogP contribution < -0.4 is 20.1 Å². The van der Waals surface area contributed by atoms with Crippen molar-refractivity contribution < 1.29 is 23.0 Å². The Morgan fingerprint density at radius 2 is 2.06 bits per heavy atom. The maximum atomic E-state index is 14.6. The number of benzene rings is 1. The minimum Gasteiger partial charge on any atom is -0.497 e. The molecule has 1 saturated heterocycles. The number of aromatic nitrogens is 2. The van der Waals surface area contributed by atoms with Crippen LogP contribution in [0.2, 0.25) is 0 Å². The van der Waals surface area contributed by atoms with E-state index < -0.39 is 11.6 Å². The Morgan fingerprint density at radius 3 is 2.86 bits per heavy atom. The van der Waals surface area contributed by atoms with Gasteiger partial charge in [-0.15, -0.1) is 0 Å². The minimum atomic E-state index is -0.518. The first kappa shape index (κ1) is 23.4. The predicted octanol–water partition coefficient (Wildman–Crippen LogP) is 3.04. The maximum absolute atomic E-state index is 14.6. The van der Waals surface area contributed by atoms with Crippen LogP contribution in [0.15, 0.2) is 30.5 Å². The summed E-state index contributed by atoms with van der Waals surface area (Å²) in [5.41, 5.74) is 1.45. The van der Waals surface area contributed by atoms with Gasteiger partial charge in [-0.05, 0) is 50.6 Å². The molecule has 0 atom stereocenters. The lowest BCUT2D eigenvalue weighted by Crippen LogP contribution is -2.43. The molecule has 1 aromatic carbocycles. The monoisotopic (exact) mass is 483 g/mol. The first-order chi connectivity index (χ1) is 17.0. The van der Waals surface area contributed by atoms with Gasteiger partial charge in [-0.3, -0.25) is 9.78 Å². The molecule has 35 heavy (non-hydrogen) atoms. The van der Waals surface area contributed by atoms with Crippen LogP contribution in [0.4, 0.5) is 14.6 Å². The third kappa shape index (κ3) is 5.18. The molecule has 0 aliphatic carbocycles. The lowest BCUT2D eigenvalue weighted by molar-refractivity contribution is -0.118. The van der Waals surface area contributed by atoms with Crippen LogP contribution in [0.25, 0.3) is 10.9 Å². The molecule has 0 radical (unpaired) electrons. The third-order valence-corrected chi connectivity index (χ3v) is 6.56. The number of amides is 1. The van der Waals surface area contributed by atoms with Crippen molar-refractivity contribution in [3.05, 3.63) is 53.4 Å². The maximum Gasteiger partial charge on any atom is 0.263 e. The Labute approximate surface area is 201 Å². The van der Waals surface area contributed by atoms with E-state index >= 15 is 0 Å². The zero-order valence-corrected chi connectivity index (χ0v) is 19.4. The van der Waals surface area contributed by atoms with Crippen LogP contribution in [0, 0.1) is 11.6 Å². The fourth-order valence-corrected chi connectivity index (χ4v) is 4.62. The highest BCUT2D eigenvalue weighted by Crippen LogP contribution is 2.28. The Hall–Kier alpha value is -3.37. The van der Waals surface area contributed by atoms with Crippen molar-refractivity contribution in [1.82, 2.24) is 20.2 Å². The number of fused-ring (bicyclic) bond motifs is 2. The number of halogens is 2. The van der Waals surface area contributed by atoms with Gasteiger partial charge in [-0.25, -0.2) is 13.8 Å². The van der Waals surface area contributed by atoms with Gasteiger partial charge >= 0.3 is 0 Å². The molecule has 0 unspecified atom stereocenters. The number of carbonyl (C=O) groups is 1. The highest BCUT2D eigenvalue weighted by Gasteiger charge is 2.21. The van der Waals surface area contributed by atoms with Crippen molar-refractivity contribution in [2.24, 2.45) is 0 Å². The molecule has 0 saturated carbocycles. The first-order valence-electron chi connectivity index (χ1n) is 11.7. The molecule has 8 nitrogen and oxygen atoms in total. The normalized spacial score (nSPS) is 16.6. The second-order valence-corrected chi connectivity index (χ2v) is 8.82. The number of piperidine rings is 1. The van der Waals surface area contributed by atoms with Gasteiger partial charge in [0.25, 0.3) is 5.91 Å². The summed E-state index contributed by atoms with van der Waals surface area (Å²) in [6.45, 7) is 3.03. The number of hydrogen-bond acceptors (Lipinski definition) is 7. The van der Waals surface area contributed by atoms with E-state index in [0.717, 1.165) is 37.8 Å². The number of rotatable bonds is 7. The molecule has 0 bridgehead atoms. The molecule has 2 aliphatic heterocycles. The quantitative estimate of drug-likeness (QED) is 0.534. The number of hydrogen-bond donors (Lipinski definition) is 2. The van der Waals surface area contributed by atoms with Gasteiger partial charge in [0.05, 0.1) is 19.0 Å². The number of nitrogens with zero attached hydrogens (tertiary/aromatic N) is 3. The average Bonchev–Trinajstić information content (AvgIpc) is 2.87. The Kier molecular flexibility index (Phi) is 6.74. The number of ether oxygens (including phenoxy) is 2. The average molecular weight is 484 g/mol. The molecule has 10 heteroatoms. The molecule has 5 rings (SSSR count). The molecule has 2 N–H and O–H groups in total. The van der Waals surface area contributed by atoms with Gasteiger partial charge in [0.15, 0.2) is 24.0 Å². The number of nitrogens with one attached hydrogen (secondary N) is 2. The molecule has 1 amide bonds. The number of pyridine rings is 2. The van der Waals surface area contributed by atoms with Crippen LogP contribution >= 0.6 is 0 Å². The van der Waals surface area contributed by atoms with Crippen molar-refractivity contribution in [3.63, 3.8) is 0 Å². The molecule has 2 aromatic heterocycles. The smallest absolute Gasteiger partial charge is 0.263 e. The molecule has 2 aliphatic rings. The molecule has 3 aromatic rings. The summed E-state index contributed by atoms with van der Waals surface area (Å²) in [6.07, 6.45) is 3.46. The van der Waals surface area contributed by atoms with E-state index in [1.54, 1.807) is 6.07 Å². The molecule has 0 spiro atoms. The van der Waals surface area contributed by atoms with E-state index in [1.807, 2.05) is 12.1 Å². The third-order valence-electron chi connectivity index (χ3n) is 6.56. The van der Waals surface area contributed by atoms with Crippen LogP contribution in [0.1, 0.15) is 24.1 Å². The van der Waals surface area contributed by atoms with Crippen molar-refractivity contribution >= 4 is 22.6 Å². The van der Waals surface area contributed by atoms with E-state index in [1.165, 1.54) is 13.2 Å². The minimum absolute atomic E-state index is 0.0138. The van der Waals surface area contributed by atoms with Crippen molar-refractivity contribution in [3.8, 4) is 11.5 Å². The van der Waals surface area contributed by atoms with Gasteiger partial charge in [0.2, 0.25) is 0 Å². The lowest BCUT2D eigenvalue weighted by atomic mass is 10.0.